The van der Waals surface area contributed by atoms with E-state index in [-0.39, 0.29) is 41.4 Å². The molecule has 0 amide bonds. The zero-order valence-corrected chi connectivity index (χ0v) is 40.5. The van der Waals surface area contributed by atoms with Gasteiger partial charge in [0.1, 0.15) is 51.9 Å². The summed E-state index contributed by atoms with van der Waals surface area (Å²) >= 11 is 0. The minimum atomic E-state index is -5.30. The summed E-state index contributed by atoms with van der Waals surface area (Å²) in [6.07, 6.45) is -18.8. The molecule has 446 valence electrons. The second-order valence-electron chi connectivity index (χ2n) is 19.5. The number of hydrogen-bond donors (Lipinski definition) is 3. The van der Waals surface area contributed by atoms with Crippen molar-refractivity contribution in [2.24, 2.45) is 0 Å². The van der Waals surface area contributed by atoms with Gasteiger partial charge in [0.15, 0.2) is 53.8 Å². The van der Waals surface area contributed by atoms with Crippen molar-refractivity contribution >= 4 is 0 Å². The van der Waals surface area contributed by atoms with Crippen molar-refractivity contribution in [3.63, 3.8) is 0 Å². The lowest BCUT2D eigenvalue weighted by atomic mass is 9.93. The number of halogens is 21. The quantitative estimate of drug-likeness (QED) is 0.138. The van der Waals surface area contributed by atoms with Gasteiger partial charge in [-0.05, 0) is 72.8 Å². The Balaban J connectivity index is 0.000000152. The van der Waals surface area contributed by atoms with E-state index >= 15 is 0 Å². The van der Waals surface area contributed by atoms with E-state index < -0.39 is 174 Å². The number of alkyl halides is 18. The third kappa shape index (κ3) is 7.84. The molecule has 12 rings (SSSR count). The Labute approximate surface area is 461 Å². The maximum absolute atomic E-state index is 14.5. The molecule has 0 heterocycles. The number of aliphatic hydroxyl groups is 3. The topological polar surface area (TPSA) is 160 Å². The van der Waals surface area contributed by atoms with Crippen LogP contribution in [0.5, 0.6) is 34.5 Å². The monoisotopic (exact) mass is 1230 g/mol. The van der Waals surface area contributed by atoms with Gasteiger partial charge in [-0.3, -0.25) is 0 Å². The summed E-state index contributed by atoms with van der Waals surface area (Å²) in [7, 11) is 0. The molecule has 9 atom stereocenters. The lowest BCUT2D eigenvalue weighted by Crippen LogP contribution is -2.53. The Hall–Kier alpha value is -8.40. The zero-order chi connectivity index (χ0) is 61.9. The van der Waals surface area contributed by atoms with Gasteiger partial charge in [0.25, 0.3) is 0 Å². The molecule has 0 aliphatic heterocycles. The number of benzene rings is 6. The first kappa shape index (κ1) is 61.2. The van der Waals surface area contributed by atoms with E-state index in [1.807, 2.05) is 0 Å². The normalized spacial score (nSPS) is 28.3. The van der Waals surface area contributed by atoms with Gasteiger partial charge in [-0.1, -0.05) is 7.43 Å². The lowest BCUT2D eigenvalue weighted by molar-refractivity contribution is -0.302. The largest absolute Gasteiger partial charge is 0.457 e. The van der Waals surface area contributed by atoms with Crippen LogP contribution in [0.2, 0.25) is 0 Å². The van der Waals surface area contributed by atoms with E-state index in [9.17, 15) is 108 Å². The molecule has 85 heavy (non-hydrogen) atoms. The molecule has 0 radical (unpaired) electrons. The Kier molecular flexibility index (Phi) is 13.9. The van der Waals surface area contributed by atoms with Crippen molar-refractivity contribution in [3.8, 4) is 52.7 Å². The van der Waals surface area contributed by atoms with Gasteiger partial charge in [-0.15, -0.1) is 0 Å². The number of nitrogens with zero attached hydrogens (tertiary/aromatic N) is 3. The molecule has 0 saturated carbocycles. The number of ether oxygens (including phenoxy) is 3. The molecule has 0 saturated heterocycles. The van der Waals surface area contributed by atoms with Gasteiger partial charge in [0.2, 0.25) is 0 Å². The van der Waals surface area contributed by atoms with Gasteiger partial charge >= 0.3 is 35.5 Å². The Morgan fingerprint density at radius 1 is 0.365 bits per heavy atom. The van der Waals surface area contributed by atoms with Crippen molar-refractivity contribution < 1.29 is 122 Å². The first-order valence-electron chi connectivity index (χ1n) is 23.4. The highest BCUT2D eigenvalue weighted by Crippen LogP contribution is 2.72. The van der Waals surface area contributed by atoms with Crippen LogP contribution in [0.4, 0.5) is 92.2 Å². The molecular weight excluding hydrogens is 1200 g/mol. The van der Waals surface area contributed by atoms with Crippen molar-refractivity contribution in [1.29, 1.82) is 15.8 Å². The predicted octanol–water partition coefficient (Wildman–Crippen LogP) is 15.0. The molecule has 30 heteroatoms. The van der Waals surface area contributed by atoms with E-state index in [2.05, 4.69) is 0 Å². The van der Waals surface area contributed by atoms with Crippen LogP contribution < -0.4 is 14.2 Å². The molecule has 0 spiro atoms. The minimum absolute atomic E-state index is 0. The average Bonchev–Trinajstić information content (AvgIpc) is 1.53. The molecular formula is C55H28F21N3O6. The highest BCUT2D eigenvalue weighted by Gasteiger charge is 2.85. The fourth-order valence-electron chi connectivity index (χ4n) is 11.0. The summed E-state index contributed by atoms with van der Waals surface area (Å²) in [6, 6.07) is 16.3. The SMILES string of the molecule is C.N#Cc1cc(F)cc(Oc2ccc3c4c2C(F)[C@H](F)[C@]4(O)C(F)(F)C3(F)F)c1.N#Cc1cc(F)cc(Oc2ccc3c4c2[C@@H](F)[C@H](F)[C@]4(O)C(F)(F)C3(F)F)c1.N#Cc1cc(F)cc(Oc2ccc3c4c2[C@H](F)[C@H](F)[C@]4(O)C(F)(F)C3(F)F)c1. The Bertz CT molecular complexity index is 3540. The van der Waals surface area contributed by atoms with Crippen molar-refractivity contribution in [2.75, 3.05) is 0 Å². The molecule has 6 aromatic rings. The second kappa shape index (κ2) is 19.3. The van der Waals surface area contributed by atoms with Crippen LogP contribution in [-0.2, 0) is 34.6 Å². The zero-order valence-electron chi connectivity index (χ0n) is 40.5. The van der Waals surface area contributed by atoms with Crippen LogP contribution in [0.25, 0.3) is 0 Å². The smallest absolute Gasteiger partial charge is 0.349 e. The minimum Gasteiger partial charge on any atom is -0.457 e. The number of rotatable bonds is 6. The van der Waals surface area contributed by atoms with Gasteiger partial charge in [-0.25, -0.2) is 39.5 Å². The third-order valence-corrected chi connectivity index (χ3v) is 14.9. The van der Waals surface area contributed by atoms with E-state index in [1.165, 1.54) is 0 Å². The van der Waals surface area contributed by atoms with Gasteiger partial charge in [-0.2, -0.15) is 68.5 Å². The summed E-state index contributed by atoms with van der Waals surface area (Å²) in [5, 5.41) is 56.9. The van der Waals surface area contributed by atoms with Crippen molar-refractivity contribution in [1.82, 2.24) is 0 Å². The van der Waals surface area contributed by atoms with Gasteiger partial charge < -0.3 is 29.5 Å². The van der Waals surface area contributed by atoms with E-state index in [4.69, 9.17) is 30.0 Å². The standard InChI is InChI=1S/3C18H8F7NO2.CH4/c3*19-8-3-7(6-26)4-9(5-8)28-11-2-1-10-13-12(11)14(20)15(21)16(13,27)18(24,25)17(10,22)23;/h3*1-5,14-15,27H;1H4/t14?,15-,16-;14-,15+,16+;14-,15-,16-;/m010./s1. The van der Waals surface area contributed by atoms with Crippen LogP contribution in [0, 0.1) is 51.4 Å². The van der Waals surface area contributed by atoms with Gasteiger partial charge in [0.05, 0.1) is 34.9 Å². The van der Waals surface area contributed by atoms with Gasteiger partial charge in [0, 0.05) is 68.3 Å². The van der Waals surface area contributed by atoms with Crippen LogP contribution >= 0.6 is 0 Å². The molecule has 0 aromatic heterocycles. The fraction of sp³-hybridized carbons (Fsp3) is 0.291. The number of nitriles is 3. The summed E-state index contributed by atoms with van der Waals surface area (Å²) in [4.78, 5) is 0. The van der Waals surface area contributed by atoms with Crippen LogP contribution in [0.3, 0.4) is 0 Å². The Morgan fingerprint density at radius 3 is 0.800 bits per heavy atom. The van der Waals surface area contributed by atoms with Crippen LogP contribution in [0.1, 0.15) is 92.7 Å². The maximum atomic E-state index is 14.5. The molecule has 0 fully saturated rings. The van der Waals surface area contributed by atoms with Crippen molar-refractivity contribution in [3.05, 3.63) is 175 Å². The summed E-state index contributed by atoms with van der Waals surface area (Å²) < 4.78 is 312. The second-order valence-corrected chi connectivity index (χ2v) is 19.5. The Morgan fingerprint density at radius 2 is 0.588 bits per heavy atom. The van der Waals surface area contributed by atoms with E-state index in [1.54, 1.807) is 18.2 Å². The van der Waals surface area contributed by atoms with Crippen molar-refractivity contribution in [2.45, 2.75) is 96.8 Å². The lowest BCUT2D eigenvalue weighted by Gasteiger charge is -2.32. The fourth-order valence-corrected chi connectivity index (χ4v) is 11.0. The molecule has 6 aromatic carbocycles. The summed E-state index contributed by atoms with van der Waals surface area (Å²) in [5.41, 5.74) is -23.9. The highest BCUT2D eigenvalue weighted by atomic mass is 19.3. The molecule has 6 aliphatic carbocycles. The summed E-state index contributed by atoms with van der Waals surface area (Å²) in [5.74, 6) is -36.6. The first-order valence-corrected chi connectivity index (χ1v) is 23.4. The average molecular weight is 1230 g/mol. The number of hydrogen-bond acceptors (Lipinski definition) is 9. The summed E-state index contributed by atoms with van der Waals surface area (Å²) in [6.45, 7) is 0. The van der Waals surface area contributed by atoms with Crippen LogP contribution in [0.15, 0.2) is 91.0 Å². The third-order valence-electron chi connectivity index (χ3n) is 14.9. The van der Waals surface area contributed by atoms with Crippen LogP contribution in [-0.4, -0.2) is 51.6 Å². The first-order chi connectivity index (χ1) is 38.9. The van der Waals surface area contributed by atoms with E-state index in [0.29, 0.717) is 36.4 Å². The molecule has 1 unspecified atom stereocenters. The predicted molar refractivity (Wildman–Crippen MR) is 244 cm³/mol. The molecule has 3 N–H and O–H groups in total. The molecule has 9 nitrogen and oxygen atoms in total. The highest BCUT2D eigenvalue weighted by molar-refractivity contribution is 5.65. The van der Waals surface area contributed by atoms with E-state index in [0.717, 1.165) is 54.6 Å². The maximum Gasteiger partial charge on any atom is 0.349 e. The molecule has 6 aliphatic rings. The molecule has 0 bridgehead atoms.